The van der Waals surface area contributed by atoms with E-state index in [0.29, 0.717) is 0 Å². The predicted molar refractivity (Wildman–Crippen MR) is 107 cm³/mol. The summed E-state index contributed by atoms with van der Waals surface area (Å²) >= 11 is 3.34. The van der Waals surface area contributed by atoms with Gasteiger partial charge in [-0.3, -0.25) is 4.79 Å². The summed E-state index contributed by atoms with van der Waals surface area (Å²) in [5, 5.41) is 12.0. The first-order valence-electron chi connectivity index (χ1n) is 8.31. The van der Waals surface area contributed by atoms with Gasteiger partial charge in [-0.1, -0.05) is 0 Å². The first kappa shape index (κ1) is 17.2. The fraction of sp³-hybridized carbons (Fsp3) is 0.263. The zero-order valence-corrected chi connectivity index (χ0v) is 16.4. The van der Waals surface area contributed by atoms with Crippen LogP contribution in [0.25, 0.3) is 5.69 Å². The molecule has 1 aromatic carbocycles. The summed E-state index contributed by atoms with van der Waals surface area (Å²) in [5.41, 5.74) is 4.09. The SMILES string of the molecule is COc1ccc(-n2nc(C)c3c2NC(=O)C(C)SC3c2ccsc2)cc1. The molecule has 0 spiro atoms. The molecule has 7 heteroatoms. The van der Waals surface area contributed by atoms with Gasteiger partial charge in [0.15, 0.2) is 0 Å². The van der Waals surface area contributed by atoms with Gasteiger partial charge in [0.05, 0.1) is 29.0 Å². The van der Waals surface area contributed by atoms with Gasteiger partial charge >= 0.3 is 0 Å². The van der Waals surface area contributed by atoms with E-state index in [-0.39, 0.29) is 16.4 Å². The van der Waals surface area contributed by atoms with Gasteiger partial charge in [0.2, 0.25) is 5.91 Å². The van der Waals surface area contributed by atoms with E-state index in [2.05, 4.69) is 22.1 Å². The van der Waals surface area contributed by atoms with Gasteiger partial charge in [-0.05, 0) is 60.5 Å². The maximum atomic E-state index is 12.6. The summed E-state index contributed by atoms with van der Waals surface area (Å²) < 4.78 is 7.06. The Morgan fingerprint density at radius 3 is 2.65 bits per heavy atom. The Kier molecular flexibility index (Phi) is 4.50. The molecule has 1 amide bonds. The van der Waals surface area contributed by atoms with Crippen LogP contribution in [0.2, 0.25) is 0 Å². The number of aromatic nitrogens is 2. The van der Waals surface area contributed by atoms with Crippen LogP contribution in [0.5, 0.6) is 5.75 Å². The minimum Gasteiger partial charge on any atom is -0.497 e. The van der Waals surface area contributed by atoms with E-state index in [1.54, 1.807) is 30.2 Å². The Bertz CT molecular complexity index is 933. The van der Waals surface area contributed by atoms with Crippen molar-refractivity contribution >= 4 is 34.8 Å². The molecule has 0 radical (unpaired) electrons. The number of amides is 1. The molecule has 2 atom stereocenters. The van der Waals surface area contributed by atoms with Crippen molar-refractivity contribution in [2.24, 2.45) is 0 Å². The summed E-state index contributed by atoms with van der Waals surface area (Å²) in [4.78, 5) is 12.6. The van der Waals surface area contributed by atoms with Gasteiger partial charge in [0, 0.05) is 5.56 Å². The summed E-state index contributed by atoms with van der Waals surface area (Å²) in [6, 6.07) is 9.80. The van der Waals surface area contributed by atoms with Crippen molar-refractivity contribution in [1.82, 2.24) is 9.78 Å². The molecule has 2 aromatic heterocycles. The van der Waals surface area contributed by atoms with Crippen molar-refractivity contribution < 1.29 is 9.53 Å². The zero-order valence-electron chi connectivity index (χ0n) is 14.7. The number of aryl methyl sites for hydroxylation is 1. The van der Waals surface area contributed by atoms with Crippen molar-refractivity contribution in [2.45, 2.75) is 24.3 Å². The number of carbonyl (C=O) groups is 1. The smallest absolute Gasteiger partial charge is 0.238 e. The van der Waals surface area contributed by atoms with Gasteiger partial charge in [0.25, 0.3) is 0 Å². The van der Waals surface area contributed by atoms with Crippen molar-refractivity contribution in [3.8, 4) is 11.4 Å². The minimum absolute atomic E-state index is 0.00337. The lowest BCUT2D eigenvalue weighted by molar-refractivity contribution is -0.115. The number of nitrogens with zero attached hydrogens (tertiary/aromatic N) is 2. The van der Waals surface area contributed by atoms with Crippen molar-refractivity contribution in [3.05, 3.63) is 57.9 Å². The topological polar surface area (TPSA) is 56.1 Å². The molecule has 3 aromatic rings. The second-order valence-corrected chi connectivity index (χ2v) is 8.39. The molecule has 0 fully saturated rings. The Labute approximate surface area is 160 Å². The summed E-state index contributed by atoms with van der Waals surface area (Å²) in [7, 11) is 1.64. The third-order valence-corrected chi connectivity index (χ3v) is 6.59. The van der Waals surface area contributed by atoms with E-state index in [0.717, 1.165) is 28.5 Å². The first-order chi connectivity index (χ1) is 12.6. The quantitative estimate of drug-likeness (QED) is 0.725. The number of carbonyl (C=O) groups excluding carboxylic acids is 1. The molecule has 0 bridgehead atoms. The van der Waals surface area contributed by atoms with Crippen LogP contribution in [0, 0.1) is 6.92 Å². The second kappa shape index (κ2) is 6.81. The molecule has 134 valence electrons. The van der Waals surface area contributed by atoms with Crippen LogP contribution in [-0.4, -0.2) is 28.0 Å². The standard InChI is InChI=1S/C19H19N3O2S2/c1-11-16-17(13-8-9-25-10-13)26-12(2)19(23)20-18(16)22(21-11)14-4-6-15(24-3)7-5-14/h4-10,12,17H,1-3H3,(H,20,23). The van der Waals surface area contributed by atoms with Crippen molar-refractivity contribution in [2.75, 3.05) is 12.4 Å². The number of ether oxygens (including phenoxy) is 1. The first-order valence-corrected chi connectivity index (χ1v) is 10.2. The fourth-order valence-electron chi connectivity index (χ4n) is 3.11. The number of rotatable bonds is 3. The highest BCUT2D eigenvalue weighted by molar-refractivity contribution is 8.01. The molecule has 5 nitrogen and oxygen atoms in total. The lowest BCUT2D eigenvalue weighted by Gasteiger charge is -2.15. The van der Waals surface area contributed by atoms with Crippen LogP contribution >= 0.6 is 23.1 Å². The van der Waals surface area contributed by atoms with Gasteiger partial charge in [-0.25, -0.2) is 4.68 Å². The number of methoxy groups -OCH3 is 1. The Balaban J connectivity index is 1.87. The fourth-order valence-corrected chi connectivity index (χ4v) is 5.19. The number of hydrogen-bond acceptors (Lipinski definition) is 5. The monoisotopic (exact) mass is 385 g/mol. The average molecular weight is 386 g/mol. The number of anilines is 1. The normalized spacial score (nSPS) is 19.6. The molecule has 0 saturated carbocycles. The highest BCUT2D eigenvalue weighted by atomic mass is 32.2. The van der Waals surface area contributed by atoms with E-state index in [1.165, 1.54) is 5.56 Å². The van der Waals surface area contributed by atoms with Crippen LogP contribution in [0.4, 0.5) is 5.82 Å². The molecule has 0 saturated heterocycles. The number of thioether (sulfide) groups is 1. The zero-order chi connectivity index (χ0) is 18.3. The second-order valence-electron chi connectivity index (χ2n) is 6.16. The third-order valence-electron chi connectivity index (χ3n) is 4.48. The molecule has 3 heterocycles. The van der Waals surface area contributed by atoms with E-state index in [4.69, 9.17) is 9.84 Å². The molecular formula is C19H19N3O2S2. The van der Waals surface area contributed by atoms with E-state index in [9.17, 15) is 4.79 Å². The predicted octanol–water partition coefficient (Wildman–Crippen LogP) is 4.41. The maximum Gasteiger partial charge on any atom is 0.238 e. The van der Waals surface area contributed by atoms with Crippen LogP contribution in [0.1, 0.15) is 29.0 Å². The van der Waals surface area contributed by atoms with Crippen LogP contribution < -0.4 is 10.1 Å². The molecule has 4 rings (SSSR count). The van der Waals surface area contributed by atoms with E-state index in [1.807, 2.05) is 42.8 Å². The van der Waals surface area contributed by atoms with Gasteiger partial charge in [-0.2, -0.15) is 16.4 Å². The molecule has 0 aliphatic carbocycles. The molecule has 1 aliphatic rings. The number of hydrogen-bond donors (Lipinski definition) is 1. The van der Waals surface area contributed by atoms with Crippen LogP contribution in [0.3, 0.4) is 0 Å². The van der Waals surface area contributed by atoms with Gasteiger partial charge in [0.1, 0.15) is 11.6 Å². The molecule has 1 aliphatic heterocycles. The third kappa shape index (κ3) is 2.91. The lowest BCUT2D eigenvalue weighted by atomic mass is 10.1. The van der Waals surface area contributed by atoms with E-state index >= 15 is 0 Å². The van der Waals surface area contributed by atoms with Crippen molar-refractivity contribution in [3.63, 3.8) is 0 Å². The maximum absolute atomic E-state index is 12.6. The summed E-state index contributed by atoms with van der Waals surface area (Å²) in [5.74, 6) is 1.54. The highest BCUT2D eigenvalue weighted by Crippen LogP contribution is 2.46. The molecule has 26 heavy (non-hydrogen) atoms. The van der Waals surface area contributed by atoms with Gasteiger partial charge < -0.3 is 10.1 Å². The van der Waals surface area contributed by atoms with Gasteiger partial charge in [-0.15, -0.1) is 11.8 Å². The summed E-state index contributed by atoms with van der Waals surface area (Å²) in [6.07, 6.45) is 0. The summed E-state index contributed by atoms with van der Waals surface area (Å²) in [6.45, 7) is 3.95. The molecular weight excluding hydrogens is 366 g/mol. The molecule has 1 N–H and O–H groups in total. The van der Waals surface area contributed by atoms with Crippen LogP contribution in [0.15, 0.2) is 41.1 Å². The van der Waals surface area contributed by atoms with E-state index < -0.39 is 0 Å². The van der Waals surface area contributed by atoms with Crippen molar-refractivity contribution in [1.29, 1.82) is 0 Å². The Hall–Kier alpha value is -2.25. The number of fused-ring (bicyclic) bond motifs is 1. The average Bonchev–Trinajstić information content (AvgIpc) is 3.26. The minimum atomic E-state index is -0.143. The Morgan fingerprint density at radius 1 is 1.23 bits per heavy atom. The number of nitrogens with one attached hydrogen (secondary N) is 1. The highest BCUT2D eigenvalue weighted by Gasteiger charge is 2.34. The largest absolute Gasteiger partial charge is 0.497 e. The Morgan fingerprint density at radius 2 is 2.00 bits per heavy atom. The van der Waals surface area contributed by atoms with Crippen LogP contribution in [-0.2, 0) is 4.79 Å². The molecule has 2 unspecified atom stereocenters. The number of thiophene rings is 1. The lowest BCUT2D eigenvalue weighted by Crippen LogP contribution is -2.22. The number of benzene rings is 1.